The fraction of sp³-hybridized carbons (Fsp3) is 0.194. The molecule has 1 aromatic heterocycles. The summed E-state index contributed by atoms with van der Waals surface area (Å²) >= 11 is 1.23. The third kappa shape index (κ3) is 5.41. The molecular weight excluding hydrogens is 528 g/mol. The highest BCUT2D eigenvalue weighted by Gasteiger charge is 2.48. The van der Waals surface area contributed by atoms with Gasteiger partial charge in [-0.15, -0.1) is 11.3 Å². The SMILES string of the molecule is CCCOc1cccc(C(O)=C2C(=O)C(=O)N(c3nccs3)C2c2ccc(OCc3ccccc3)c(OC)c2)c1. The number of ketones is 1. The molecule has 2 heterocycles. The minimum Gasteiger partial charge on any atom is -0.507 e. The second kappa shape index (κ2) is 12.0. The van der Waals surface area contributed by atoms with Crippen LogP contribution in [0.15, 0.2) is 89.9 Å². The number of aliphatic hydroxyl groups is 1. The fourth-order valence-electron chi connectivity index (χ4n) is 4.50. The number of benzene rings is 3. The van der Waals surface area contributed by atoms with Gasteiger partial charge in [0.25, 0.3) is 5.78 Å². The highest BCUT2D eigenvalue weighted by atomic mass is 32.1. The third-order valence-electron chi connectivity index (χ3n) is 6.39. The molecule has 0 aliphatic carbocycles. The van der Waals surface area contributed by atoms with E-state index in [1.54, 1.807) is 54.0 Å². The van der Waals surface area contributed by atoms with Gasteiger partial charge < -0.3 is 19.3 Å². The average molecular weight is 557 g/mol. The van der Waals surface area contributed by atoms with E-state index in [1.807, 2.05) is 37.3 Å². The molecule has 8 nitrogen and oxygen atoms in total. The summed E-state index contributed by atoms with van der Waals surface area (Å²) in [5.74, 6) is -0.398. The lowest BCUT2D eigenvalue weighted by atomic mass is 9.95. The molecule has 1 aliphatic rings. The Kier molecular flexibility index (Phi) is 8.12. The van der Waals surface area contributed by atoms with E-state index in [-0.39, 0.29) is 11.3 Å². The Balaban J connectivity index is 1.58. The number of thiazole rings is 1. The zero-order valence-electron chi connectivity index (χ0n) is 22.1. The van der Waals surface area contributed by atoms with Gasteiger partial charge in [0.05, 0.1) is 25.3 Å². The lowest BCUT2D eigenvalue weighted by Crippen LogP contribution is -2.29. The van der Waals surface area contributed by atoms with Crippen molar-refractivity contribution in [2.24, 2.45) is 0 Å². The molecule has 1 amide bonds. The first-order valence-electron chi connectivity index (χ1n) is 12.8. The number of methoxy groups -OCH3 is 1. The number of hydrogen-bond acceptors (Lipinski definition) is 8. The van der Waals surface area contributed by atoms with Gasteiger partial charge in [-0.1, -0.05) is 55.5 Å². The Hall–Kier alpha value is -4.63. The van der Waals surface area contributed by atoms with Crippen LogP contribution in [0.1, 0.15) is 36.1 Å². The minimum atomic E-state index is -0.941. The van der Waals surface area contributed by atoms with Crippen LogP contribution in [0.5, 0.6) is 17.2 Å². The van der Waals surface area contributed by atoms with Crippen LogP contribution in [0.2, 0.25) is 0 Å². The lowest BCUT2D eigenvalue weighted by molar-refractivity contribution is -0.132. The summed E-state index contributed by atoms with van der Waals surface area (Å²) < 4.78 is 17.3. The summed E-state index contributed by atoms with van der Waals surface area (Å²) in [5, 5.41) is 13.5. The van der Waals surface area contributed by atoms with Crippen LogP contribution in [0.25, 0.3) is 5.76 Å². The number of rotatable bonds is 10. The number of aliphatic hydroxyl groups excluding tert-OH is 1. The molecule has 1 N–H and O–H groups in total. The summed E-state index contributed by atoms with van der Waals surface area (Å²) in [5.41, 5.74) is 1.87. The number of nitrogens with zero attached hydrogens (tertiary/aromatic N) is 2. The van der Waals surface area contributed by atoms with Crippen molar-refractivity contribution in [3.8, 4) is 17.2 Å². The van der Waals surface area contributed by atoms with Gasteiger partial charge in [-0.3, -0.25) is 14.5 Å². The number of Topliss-reactive ketones (excluding diaryl/α,β-unsaturated/α-hetero) is 1. The molecule has 9 heteroatoms. The van der Waals surface area contributed by atoms with E-state index in [2.05, 4.69) is 4.98 Å². The van der Waals surface area contributed by atoms with Gasteiger partial charge in [-0.2, -0.15) is 0 Å². The number of carbonyl (C=O) groups is 2. The molecule has 5 rings (SSSR count). The van der Waals surface area contributed by atoms with Crippen molar-refractivity contribution < 1.29 is 28.9 Å². The molecule has 204 valence electrons. The highest BCUT2D eigenvalue weighted by Crippen LogP contribution is 2.44. The van der Waals surface area contributed by atoms with Gasteiger partial charge in [0, 0.05) is 17.1 Å². The Morgan fingerprint density at radius 1 is 1.00 bits per heavy atom. The Labute approximate surface area is 236 Å². The Bertz CT molecular complexity index is 1530. The fourth-order valence-corrected chi connectivity index (χ4v) is 5.16. The summed E-state index contributed by atoms with van der Waals surface area (Å²) in [6.45, 7) is 2.85. The van der Waals surface area contributed by atoms with E-state index >= 15 is 0 Å². The number of anilines is 1. The maximum Gasteiger partial charge on any atom is 0.301 e. The maximum atomic E-state index is 13.4. The first-order valence-corrected chi connectivity index (χ1v) is 13.7. The zero-order chi connectivity index (χ0) is 28.1. The lowest BCUT2D eigenvalue weighted by Gasteiger charge is -2.24. The molecule has 0 saturated carbocycles. The van der Waals surface area contributed by atoms with E-state index < -0.39 is 17.7 Å². The molecule has 1 aliphatic heterocycles. The number of amides is 1. The maximum absolute atomic E-state index is 13.4. The predicted octanol–water partition coefficient (Wildman–Crippen LogP) is 6.15. The number of hydrogen-bond donors (Lipinski definition) is 1. The van der Waals surface area contributed by atoms with Crippen LogP contribution in [0.3, 0.4) is 0 Å². The van der Waals surface area contributed by atoms with Crippen molar-refractivity contribution >= 4 is 33.9 Å². The van der Waals surface area contributed by atoms with Gasteiger partial charge in [-0.05, 0) is 41.8 Å². The van der Waals surface area contributed by atoms with Gasteiger partial charge in [-0.25, -0.2) is 4.98 Å². The minimum absolute atomic E-state index is 0.0483. The molecule has 1 atom stereocenters. The predicted molar refractivity (Wildman–Crippen MR) is 153 cm³/mol. The molecule has 3 aromatic carbocycles. The van der Waals surface area contributed by atoms with Gasteiger partial charge >= 0.3 is 5.91 Å². The van der Waals surface area contributed by atoms with Crippen molar-refractivity contribution in [2.45, 2.75) is 26.0 Å². The van der Waals surface area contributed by atoms with Crippen LogP contribution in [0, 0.1) is 0 Å². The quantitative estimate of drug-likeness (QED) is 0.142. The molecule has 0 spiro atoms. The Morgan fingerprint density at radius 2 is 1.82 bits per heavy atom. The summed E-state index contributed by atoms with van der Waals surface area (Å²) in [6.07, 6.45) is 2.38. The molecule has 0 radical (unpaired) electrons. The molecule has 40 heavy (non-hydrogen) atoms. The van der Waals surface area contributed by atoms with Crippen LogP contribution < -0.4 is 19.1 Å². The van der Waals surface area contributed by atoms with E-state index in [0.29, 0.717) is 46.7 Å². The van der Waals surface area contributed by atoms with E-state index in [0.717, 1.165) is 12.0 Å². The largest absolute Gasteiger partial charge is 0.507 e. The smallest absolute Gasteiger partial charge is 0.301 e. The van der Waals surface area contributed by atoms with Crippen molar-refractivity contribution in [3.63, 3.8) is 0 Å². The van der Waals surface area contributed by atoms with Gasteiger partial charge in [0.2, 0.25) is 0 Å². The van der Waals surface area contributed by atoms with Crippen LogP contribution >= 0.6 is 11.3 Å². The number of ether oxygens (including phenoxy) is 3. The first-order chi connectivity index (χ1) is 19.5. The second-order valence-electron chi connectivity index (χ2n) is 9.04. The van der Waals surface area contributed by atoms with Crippen molar-refractivity contribution in [3.05, 3.63) is 107 Å². The standard InChI is InChI=1S/C31H28N2O6S/c1-3-15-38-23-11-7-10-22(17-23)28(34)26-27(33(30(36)29(26)35)31-32-14-16-40-31)21-12-13-24(25(18-21)37-2)39-19-20-8-5-4-6-9-20/h4-14,16-18,27,34H,3,15,19H2,1-2H3. The van der Waals surface area contributed by atoms with Crippen LogP contribution in [0.4, 0.5) is 5.13 Å². The van der Waals surface area contributed by atoms with Crippen molar-refractivity contribution in [1.29, 1.82) is 0 Å². The molecule has 1 unspecified atom stereocenters. The zero-order valence-corrected chi connectivity index (χ0v) is 22.9. The Morgan fingerprint density at radius 3 is 2.55 bits per heavy atom. The molecule has 1 fully saturated rings. The van der Waals surface area contributed by atoms with Gasteiger partial charge in [0.1, 0.15) is 18.1 Å². The third-order valence-corrected chi connectivity index (χ3v) is 7.16. The van der Waals surface area contributed by atoms with E-state index in [4.69, 9.17) is 14.2 Å². The summed E-state index contributed by atoms with van der Waals surface area (Å²) in [4.78, 5) is 32.4. The van der Waals surface area contributed by atoms with E-state index in [9.17, 15) is 14.7 Å². The van der Waals surface area contributed by atoms with E-state index in [1.165, 1.54) is 23.3 Å². The molecule has 1 saturated heterocycles. The normalized spacial score (nSPS) is 16.2. The van der Waals surface area contributed by atoms with Crippen LogP contribution in [-0.2, 0) is 16.2 Å². The molecular formula is C31H28N2O6S. The summed E-state index contributed by atoms with van der Waals surface area (Å²) in [7, 11) is 1.52. The highest BCUT2D eigenvalue weighted by molar-refractivity contribution is 7.14. The molecule has 4 aromatic rings. The number of carbonyl (C=O) groups excluding carboxylic acids is 2. The summed E-state index contributed by atoms with van der Waals surface area (Å²) in [6, 6.07) is 20.8. The van der Waals surface area contributed by atoms with Crippen molar-refractivity contribution in [2.75, 3.05) is 18.6 Å². The van der Waals surface area contributed by atoms with Gasteiger partial charge in [0.15, 0.2) is 16.6 Å². The van der Waals surface area contributed by atoms with Crippen molar-refractivity contribution in [1.82, 2.24) is 4.98 Å². The first kappa shape index (κ1) is 27.0. The second-order valence-corrected chi connectivity index (χ2v) is 9.92. The van der Waals surface area contributed by atoms with Crippen LogP contribution in [-0.4, -0.2) is 35.5 Å². The number of aromatic nitrogens is 1. The molecule has 0 bridgehead atoms. The average Bonchev–Trinajstić information content (AvgIpc) is 3.61. The topological polar surface area (TPSA) is 98.2 Å². The monoisotopic (exact) mass is 556 g/mol.